The zero-order valence-electron chi connectivity index (χ0n) is 13.3. The van der Waals surface area contributed by atoms with E-state index in [4.69, 9.17) is 5.73 Å². The molecular weight excluding hydrogens is 260 g/mol. The summed E-state index contributed by atoms with van der Waals surface area (Å²) < 4.78 is 0. The Morgan fingerprint density at radius 2 is 1.86 bits per heavy atom. The molecule has 1 aromatic heterocycles. The lowest BCUT2D eigenvalue weighted by atomic mass is 10.1. The van der Waals surface area contributed by atoms with Gasteiger partial charge < -0.3 is 11.1 Å². The predicted molar refractivity (Wildman–Crippen MR) is 88.6 cm³/mol. The molecule has 3 N–H and O–H groups in total. The fourth-order valence-corrected chi connectivity index (χ4v) is 2.19. The van der Waals surface area contributed by atoms with Gasteiger partial charge in [0.25, 0.3) is 0 Å². The van der Waals surface area contributed by atoms with Gasteiger partial charge in [0.1, 0.15) is 17.5 Å². The van der Waals surface area contributed by atoms with Crippen LogP contribution in [0.15, 0.2) is 24.3 Å². The zero-order valence-corrected chi connectivity index (χ0v) is 13.3. The normalized spacial score (nSPS) is 10.9. The molecule has 4 nitrogen and oxygen atoms in total. The van der Waals surface area contributed by atoms with Crippen molar-refractivity contribution in [1.29, 1.82) is 0 Å². The largest absolute Gasteiger partial charge is 0.383 e. The lowest BCUT2D eigenvalue weighted by Gasteiger charge is -2.14. The van der Waals surface area contributed by atoms with Gasteiger partial charge >= 0.3 is 0 Å². The minimum Gasteiger partial charge on any atom is -0.383 e. The van der Waals surface area contributed by atoms with Gasteiger partial charge in [0, 0.05) is 18.0 Å². The molecule has 0 bridgehead atoms. The molecule has 112 valence electrons. The van der Waals surface area contributed by atoms with Crippen LogP contribution in [0.25, 0.3) is 0 Å². The Kier molecular flexibility index (Phi) is 4.78. The summed E-state index contributed by atoms with van der Waals surface area (Å²) in [6.45, 7) is 9.07. The number of aryl methyl sites for hydroxylation is 1. The van der Waals surface area contributed by atoms with Crippen molar-refractivity contribution in [2.24, 2.45) is 0 Å². The molecule has 0 amide bonds. The van der Waals surface area contributed by atoms with Crippen molar-refractivity contribution in [3.63, 3.8) is 0 Å². The Labute approximate surface area is 126 Å². The molecule has 0 aliphatic rings. The molecule has 4 heteroatoms. The molecule has 21 heavy (non-hydrogen) atoms. The molecule has 0 atom stereocenters. The summed E-state index contributed by atoms with van der Waals surface area (Å²) in [5.74, 6) is 2.47. The highest BCUT2D eigenvalue weighted by atomic mass is 15.1. The van der Waals surface area contributed by atoms with E-state index in [1.54, 1.807) is 0 Å². The smallest absolute Gasteiger partial charge is 0.135 e. The van der Waals surface area contributed by atoms with E-state index in [1.165, 1.54) is 11.1 Å². The Morgan fingerprint density at radius 3 is 2.52 bits per heavy atom. The van der Waals surface area contributed by atoms with E-state index in [-0.39, 0.29) is 5.92 Å². The molecule has 0 aliphatic heterocycles. The summed E-state index contributed by atoms with van der Waals surface area (Å²) in [7, 11) is 0. The third-order valence-electron chi connectivity index (χ3n) is 3.67. The molecule has 1 aromatic carbocycles. The van der Waals surface area contributed by atoms with E-state index in [9.17, 15) is 0 Å². The number of nitrogen functional groups attached to an aromatic ring is 1. The van der Waals surface area contributed by atoms with Gasteiger partial charge in [-0.15, -0.1) is 0 Å². The second-order valence-corrected chi connectivity index (χ2v) is 5.70. The number of nitrogens with zero attached hydrogens (tertiary/aromatic N) is 2. The Morgan fingerprint density at radius 1 is 1.14 bits per heavy atom. The Balaban J connectivity index is 2.08. The van der Waals surface area contributed by atoms with E-state index < -0.39 is 0 Å². The number of anilines is 2. The van der Waals surface area contributed by atoms with Crippen LogP contribution < -0.4 is 11.1 Å². The first-order valence-corrected chi connectivity index (χ1v) is 7.41. The summed E-state index contributed by atoms with van der Waals surface area (Å²) in [4.78, 5) is 8.92. The first kappa shape index (κ1) is 15.3. The number of rotatable bonds is 5. The van der Waals surface area contributed by atoms with Gasteiger partial charge in [-0.05, 0) is 31.4 Å². The van der Waals surface area contributed by atoms with Crippen molar-refractivity contribution in [2.45, 2.75) is 40.0 Å². The van der Waals surface area contributed by atoms with Crippen molar-refractivity contribution < 1.29 is 0 Å². The molecular formula is C17H24N4. The zero-order chi connectivity index (χ0) is 15.4. The number of benzene rings is 1. The van der Waals surface area contributed by atoms with E-state index in [2.05, 4.69) is 60.3 Å². The average molecular weight is 284 g/mol. The van der Waals surface area contributed by atoms with Crippen molar-refractivity contribution in [3.05, 3.63) is 46.8 Å². The second-order valence-electron chi connectivity index (χ2n) is 5.70. The third kappa shape index (κ3) is 3.72. The second kappa shape index (κ2) is 6.57. The molecule has 1 heterocycles. The molecule has 0 saturated carbocycles. The van der Waals surface area contributed by atoms with Gasteiger partial charge in [0.05, 0.1) is 0 Å². The monoisotopic (exact) mass is 284 g/mol. The number of aromatic nitrogens is 2. The lowest BCUT2D eigenvalue weighted by molar-refractivity contribution is 0.774. The van der Waals surface area contributed by atoms with E-state index in [1.807, 2.05) is 6.92 Å². The quantitative estimate of drug-likeness (QED) is 0.882. The summed E-state index contributed by atoms with van der Waals surface area (Å²) in [6.07, 6.45) is 0.965. The predicted octanol–water partition coefficient (Wildman–Crippen LogP) is 3.45. The standard InChI is InChI=1S/C17H24N4/c1-11(2)16-20-15(18)13(4)17(21-16)19-10-9-14-8-6-5-7-12(14)3/h5-8,11H,9-10H2,1-4H3,(H3,18,19,20,21). The highest BCUT2D eigenvalue weighted by Crippen LogP contribution is 2.21. The minimum absolute atomic E-state index is 0.268. The fraction of sp³-hybridized carbons (Fsp3) is 0.412. The highest BCUT2D eigenvalue weighted by molar-refractivity contribution is 5.55. The van der Waals surface area contributed by atoms with Gasteiger partial charge in [0.15, 0.2) is 0 Å². The molecule has 0 spiro atoms. The SMILES string of the molecule is Cc1ccccc1CCNc1nc(C(C)C)nc(N)c1C. The topological polar surface area (TPSA) is 63.8 Å². The number of hydrogen-bond donors (Lipinski definition) is 2. The van der Waals surface area contributed by atoms with Crippen LogP contribution in [0.4, 0.5) is 11.6 Å². The summed E-state index contributed by atoms with van der Waals surface area (Å²) in [6, 6.07) is 8.45. The first-order valence-electron chi connectivity index (χ1n) is 7.41. The molecule has 2 rings (SSSR count). The molecule has 0 fully saturated rings. The maximum Gasteiger partial charge on any atom is 0.135 e. The van der Waals surface area contributed by atoms with Crippen molar-refractivity contribution in [1.82, 2.24) is 9.97 Å². The van der Waals surface area contributed by atoms with E-state index >= 15 is 0 Å². The molecule has 0 radical (unpaired) electrons. The number of nitrogens with two attached hydrogens (primary N) is 1. The van der Waals surface area contributed by atoms with Crippen LogP contribution >= 0.6 is 0 Å². The van der Waals surface area contributed by atoms with Crippen LogP contribution in [-0.4, -0.2) is 16.5 Å². The summed E-state index contributed by atoms with van der Waals surface area (Å²) in [5, 5.41) is 3.39. The fourth-order valence-electron chi connectivity index (χ4n) is 2.19. The Bertz CT molecular complexity index is 620. The van der Waals surface area contributed by atoms with Gasteiger partial charge in [-0.1, -0.05) is 38.1 Å². The minimum atomic E-state index is 0.268. The maximum absolute atomic E-state index is 5.98. The summed E-state index contributed by atoms with van der Waals surface area (Å²) in [5.41, 5.74) is 9.57. The van der Waals surface area contributed by atoms with Crippen LogP contribution in [0.5, 0.6) is 0 Å². The van der Waals surface area contributed by atoms with Gasteiger partial charge in [-0.2, -0.15) is 0 Å². The van der Waals surface area contributed by atoms with Gasteiger partial charge in [-0.25, -0.2) is 9.97 Å². The molecule has 0 aliphatic carbocycles. The molecule has 2 aromatic rings. The van der Waals surface area contributed by atoms with Gasteiger partial charge in [-0.3, -0.25) is 0 Å². The lowest BCUT2D eigenvalue weighted by Crippen LogP contribution is -2.12. The molecule has 0 saturated heterocycles. The third-order valence-corrected chi connectivity index (χ3v) is 3.67. The average Bonchev–Trinajstić information content (AvgIpc) is 2.45. The van der Waals surface area contributed by atoms with Crippen LogP contribution in [-0.2, 0) is 6.42 Å². The van der Waals surface area contributed by atoms with Crippen LogP contribution in [0.1, 0.15) is 42.3 Å². The number of nitrogens with one attached hydrogen (secondary N) is 1. The van der Waals surface area contributed by atoms with Crippen LogP contribution in [0, 0.1) is 13.8 Å². The Hall–Kier alpha value is -2.10. The maximum atomic E-state index is 5.98. The van der Waals surface area contributed by atoms with Gasteiger partial charge in [0.2, 0.25) is 0 Å². The van der Waals surface area contributed by atoms with Crippen molar-refractivity contribution in [3.8, 4) is 0 Å². The van der Waals surface area contributed by atoms with Crippen molar-refractivity contribution >= 4 is 11.6 Å². The van der Waals surface area contributed by atoms with Crippen molar-refractivity contribution in [2.75, 3.05) is 17.6 Å². The number of hydrogen-bond acceptors (Lipinski definition) is 4. The molecule has 0 unspecified atom stereocenters. The van der Waals surface area contributed by atoms with Crippen LogP contribution in [0.2, 0.25) is 0 Å². The van der Waals surface area contributed by atoms with Crippen LogP contribution in [0.3, 0.4) is 0 Å². The van der Waals surface area contributed by atoms with E-state index in [0.29, 0.717) is 5.82 Å². The first-order chi connectivity index (χ1) is 9.99. The summed E-state index contributed by atoms with van der Waals surface area (Å²) >= 11 is 0. The highest BCUT2D eigenvalue weighted by Gasteiger charge is 2.10. The van der Waals surface area contributed by atoms with E-state index in [0.717, 1.165) is 30.2 Å².